The third-order valence-electron chi connectivity index (χ3n) is 5.60. The summed E-state index contributed by atoms with van der Waals surface area (Å²) in [6.45, 7) is 7.65. The van der Waals surface area contributed by atoms with Crippen LogP contribution in [0.2, 0.25) is 0 Å². The first-order chi connectivity index (χ1) is 18.3. The number of hydrogen-bond donors (Lipinski definition) is 0. The molecule has 0 aliphatic rings. The van der Waals surface area contributed by atoms with Crippen LogP contribution in [0.5, 0.6) is 17.2 Å². The molecule has 0 amide bonds. The van der Waals surface area contributed by atoms with Crippen molar-refractivity contribution in [3.05, 3.63) is 71.8 Å². The summed E-state index contributed by atoms with van der Waals surface area (Å²) in [5, 5.41) is 0. The molecule has 2 aromatic carbocycles. The van der Waals surface area contributed by atoms with E-state index in [9.17, 15) is 14.4 Å². The number of ether oxygens (including phenoxy) is 5. The summed E-state index contributed by atoms with van der Waals surface area (Å²) in [5.74, 6) is -0.0845. The van der Waals surface area contributed by atoms with Gasteiger partial charge in [-0.05, 0) is 87.1 Å². The molecular weight excluding hydrogens is 488 g/mol. The van der Waals surface area contributed by atoms with Gasteiger partial charge in [-0.2, -0.15) is 0 Å². The van der Waals surface area contributed by atoms with Crippen LogP contribution in [0.15, 0.2) is 60.7 Å². The lowest BCUT2D eigenvalue weighted by Crippen LogP contribution is -2.15. The van der Waals surface area contributed by atoms with Gasteiger partial charge in [0.25, 0.3) is 0 Å². The Balaban J connectivity index is 1.87. The van der Waals surface area contributed by atoms with Crippen molar-refractivity contribution < 1.29 is 38.1 Å². The van der Waals surface area contributed by atoms with Crippen LogP contribution in [0, 0.1) is 0 Å². The van der Waals surface area contributed by atoms with Crippen molar-refractivity contribution in [2.75, 3.05) is 20.8 Å². The highest BCUT2D eigenvalue weighted by Crippen LogP contribution is 2.29. The van der Waals surface area contributed by atoms with Gasteiger partial charge in [-0.3, -0.25) is 0 Å². The molecule has 8 nitrogen and oxygen atoms in total. The van der Waals surface area contributed by atoms with Crippen molar-refractivity contribution >= 4 is 24.0 Å². The first-order valence-electron chi connectivity index (χ1n) is 12.5. The number of hydrogen-bond acceptors (Lipinski definition) is 8. The van der Waals surface area contributed by atoms with E-state index < -0.39 is 11.9 Å². The molecule has 0 saturated heterocycles. The Kier molecular flexibility index (Phi) is 12.6. The minimum absolute atomic E-state index is 0.0433. The van der Waals surface area contributed by atoms with Crippen LogP contribution >= 0.6 is 0 Å². The minimum Gasteiger partial charge on any atom is -0.493 e. The van der Waals surface area contributed by atoms with Gasteiger partial charge in [0, 0.05) is 11.6 Å². The van der Waals surface area contributed by atoms with Crippen LogP contribution in [0.1, 0.15) is 61.9 Å². The van der Waals surface area contributed by atoms with Gasteiger partial charge < -0.3 is 23.7 Å². The number of carbonyl (C=O) groups excluding carboxylic acids is 3. The molecule has 204 valence electrons. The molecule has 0 N–H and O–H groups in total. The van der Waals surface area contributed by atoms with Gasteiger partial charge >= 0.3 is 17.9 Å². The van der Waals surface area contributed by atoms with Gasteiger partial charge in [-0.25, -0.2) is 14.4 Å². The Labute approximate surface area is 224 Å². The van der Waals surface area contributed by atoms with Crippen LogP contribution < -0.4 is 14.2 Å². The van der Waals surface area contributed by atoms with Gasteiger partial charge in [0.05, 0.1) is 32.5 Å². The monoisotopic (exact) mass is 524 g/mol. The second kappa shape index (κ2) is 15.9. The van der Waals surface area contributed by atoms with Crippen molar-refractivity contribution in [3.8, 4) is 17.2 Å². The SMILES string of the molecule is C=C(C)C(=O)OCCCCCC(CC)Oc1ccc(C(=O)Oc2ccc(/C=C/C(=O)OC)cc2OC)cc1. The summed E-state index contributed by atoms with van der Waals surface area (Å²) in [6.07, 6.45) is 7.30. The first-order valence-corrected chi connectivity index (χ1v) is 12.5. The number of rotatable bonds is 15. The molecule has 0 fully saturated rings. The Hall–Kier alpha value is -4.07. The fraction of sp³-hybridized carbons (Fsp3) is 0.367. The van der Waals surface area contributed by atoms with E-state index in [1.54, 1.807) is 55.5 Å². The number of methoxy groups -OCH3 is 2. The van der Waals surface area contributed by atoms with Crippen LogP contribution in [0.3, 0.4) is 0 Å². The zero-order chi connectivity index (χ0) is 27.9. The summed E-state index contributed by atoms with van der Waals surface area (Å²) in [7, 11) is 2.77. The second-order valence-corrected chi connectivity index (χ2v) is 8.59. The average Bonchev–Trinajstić information content (AvgIpc) is 2.93. The van der Waals surface area contributed by atoms with Crippen LogP contribution in [-0.2, 0) is 19.1 Å². The fourth-order valence-electron chi connectivity index (χ4n) is 3.41. The predicted octanol–water partition coefficient (Wildman–Crippen LogP) is 5.94. The fourth-order valence-corrected chi connectivity index (χ4v) is 3.41. The Morgan fingerprint density at radius 1 is 0.974 bits per heavy atom. The third-order valence-corrected chi connectivity index (χ3v) is 5.60. The molecule has 0 heterocycles. The lowest BCUT2D eigenvalue weighted by atomic mass is 10.1. The maximum absolute atomic E-state index is 12.7. The second-order valence-electron chi connectivity index (χ2n) is 8.59. The largest absolute Gasteiger partial charge is 0.493 e. The van der Waals surface area contributed by atoms with Crippen LogP contribution in [-0.4, -0.2) is 44.8 Å². The molecule has 38 heavy (non-hydrogen) atoms. The minimum atomic E-state index is -0.535. The van der Waals surface area contributed by atoms with E-state index in [1.165, 1.54) is 20.3 Å². The van der Waals surface area contributed by atoms with Crippen molar-refractivity contribution in [2.24, 2.45) is 0 Å². The number of esters is 3. The van der Waals surface area contributed by atoms with Gasteiger partial charge in [0.1, 0.15) is 5.75 Å². The highest BCUT2D eigenvalue weighted by atomic mass is 16.6. The predicted molar refractivity (Wildman–Crippen MR) is 144 cm³/mol. The summed E-state index contributed by atoms with van der Waals surface area (Å²) >= 11 is 0. The lowest BCUT2D eigenvalue weighted by Gasteiger charge is -2.18. The highest BCUT2D eigenvalue weighted by Gasteiger charge is 2.14. The van der Waals surface area contributed by atoms with E-state index in [0.717, 1.165) is 32.1 Å². The van der Waals surface area contributed by atoms with E-state index in [1.807, 2.05) is 0 Å². The molecule has 0 saturated carbocycles. The van der Waals surface area contributed by atoms with E-state index in [4.69, 9.17) is 18.9 Å². The van der Waals surface area contributed by atoms with E-state index in [0.29, 0.717) is 34.8 Å². The van der Waals surface area contributed by atoms with Gasteiger partial charge in [-0.1, -0.05) is 19.6 Å². The quantitative estimate of drug-likeness (QED) is 0.122. The smallest absolute Gasteiger partial charge is 0.343 e. The first kappa shape index (κ1) is 30.2. The van der Waals surface area contributed by atoms with Crippen molar-refractivity contribution in [2.45, 2.75) is 52.1 Å². The lowest BCUT2D eigenvalue weighted by molar-refractivity contribution is -0.139. The topological polar surface area (TPSA) is 97.4 Å². The maximum Gasteiger partial charge on any atom is 0.343 e. The summed E-state index contributed by atoms with van der Waals surface area (Å²) in [5.41, 5.74) is 1.46. The number of unbranched alkanes of at least 4 members (excludes halogenated alkanes) is 2. The third kappa shape index (κ3) is 10.1. The Morgan fingerprint density at radius 3 is 2.34 bits per heavy atom. The molecule has 0 aromatic heterocycles. The molecule has 1 unspecified atom stereocenters. The van der Waals surface area contributed by atoms with Gasteiger partial charge in [0.2, 0.25) is 0 Å². The van der Waals surface area contributed by atoms with E-state index in [-0.39, 0.29) is 17.8 Å². The summed E-state index contributed by atoms with van der Waals surface area (Å²) < 4.78 is 26.6. The molecule has 2 aromatic rings. The normalized spacial score (nSPS) is 11.5. The Bertz CT molecular complexity index is 1120. The molecule has 0 aliphatic heterocycles. The molecule has 1 atom stereocenters. The zero-order valence-electron chi connectivity index (χ0n) is 22.5. The summed E-state index contributed by atoms with van der Waals surface area (Å²) in [6, 6.07) is 11.7. The van der Waals surface area contributed by atoms with Gasteiger partial charge in [0.15, 0.2) is 11.5 Å². The molecule has 2 rings (SSSR count). The standard InChI is InChI=1S/C30H36O8/c1-6-24(10-8-7-9-19-36-29(32)21(2)3)37-25-15-13-23(14-16-25)30(33)38-26-17-11-22(20-27(26)34-4)12-18-28(31)35-5/h11-18,20,24H,2,6-10,19H2,1,3-5H3/b18-12+. The average molecular weight is 525 g/mol. The molecule has 0 radical (unpaired) electrons. The zero-order valence-corrected chi connectivity index (χ0v) is 22.5. The van der Waals surface area contributed by atoms with Crippen LogP contribution in [0.4, 0.5) is 0 Å². The van der Waals surface area contributed by atoms with Crippen molar-refractivity contribution in [3.63, 3.8) is 0 Å². The maximum atomic E-state index is 12.7. The van der Waals surface area contributed by atoms with Crippen LogP contribution in [0.25, 0.3) is 6.08 Å². The molecule has 0 aliphatic carbocycles. The molecule has 0 spiro atoms. The molecule has 0 bridgehead atoms. The highest BCUT2D eigenvalue weighted by molar-refractivity contribution is 5.91. The van der Waals surface area contributed by atoms with Crippen molar-refractivity contribution in [1.82, 2.24) is 0 Å². The van der Waals surface area contributed by atoms with E-state index >= 15 is 0 Å². The number of carbonyl (C=O) groups is 3. The van der Waals surface area contributed by atoms with E-state index in [2.05, 4.69) is 18.2 Å². The molecular formula is C30H36O8. The number of benzene rings is 2. The van der Waals surface area contributed by atoms with Crippen molar-refractivity contribution in [1.29, 1.82) is 0 Å². The molecule has 8 heteroatoms. The Morgan fingerprint density at radius 2 is 1.71 bits per heavy atom. The van der Waals surface area contributed by atoms with Gasteiger partial charge in [-0.15, -0.1) is 0 Å². The summed E-state index contributed by atoms with van der Waals surface area (Å²) in [4.78, 5) is 35.4.